The molecule has 1 aromatic rings. The Morgan fingerprint density at radius 2 is 2.00 bits per heavy atom. The van der Waals surface area contributed by atoms with Crippen LogP contribution < -0.4 is 14.8 Å². The summed E-state index contributed by atoms with van der Waals surface area (Å²) in [5.41, 5.74) is 0. The highest BCUT2D eigenvalue weighted by molar-refractivity contribution is 7.89. The predicted octanol–water partition coefficient (Wildman–Crippen LogP) is 0.752. The number of rotatable bonds is 4. The minimum Gasteiger partial charge on any atom is -0.494 e. The second-order valence-electron chi connectivity index (χ2n) is 4.93. The average Bonchev–Trinajstić information content (AvgIpc) is 2.82. The fourth-order valence-corrected chi connectivity index (χ4v) is 4.00. The summed E-state index contributed by atoms with van der Waals surface area (Å²) in [6, 6.07) is 3.63. The number of sulfonamides is 1. The largest absolute Gasteiger partial charge is 0.494 e. The molecular formula is C12H16ClFN2O3S. The lowest BCUT2D eigenvalue weighted by molar-refractivity contribution is 0.385. The summed E-state index contributed by atoms with van der Waals surface area (Å²) in [4.78, 5) is -0.0660. The van der Waals surface area contributed by atoms with E-state index in [0.717, 1.165) is 19.2 Å². The first-order chi connectivity index (χ1) is 9.03. The van der Waals surface area contributed by atoms with Crippen LogP contribution in [-0.2, 0) is 10.0 Å². The smallest absolute Gasteiger partial charge is 0.240 e. The van der Waals surface area contributed by atoms with Crippen LogP contribution in [0.4, 0.5) is 4.39 Å². The molecule has 0 bridgehead atoms. The molecule has 2 fully saturated rings. The summed E-state index contributed by atoms with van der Waals surface area (Å²) in [5.74, 6) is 0.102. The highest BCUT2D eigenvalue weighted by Gasteiger charge is 2.54. The van der Waals surface area contributed by atoms with Crippen molar-refractivity contribution in [2.24, 2.45) is 11.8 Å². The minimum atomic E-state index is -3.66. The predicted molar refractivity (Wildman–Crippen MR) is 74.2 cm³/mol. The van der Waals surface area contributed by atoms with Gasteiger partial charge < -0.3 is 10.1 Å². The second-order valence-corrected chi connectivity index (χ2v) is 6.64. The first-order valence-electron chi connectivity index (χ1n) is 6.09. The molecule has 0 amide bonds. The van der Waals surface area contributed by atoms with Crippen LogP contribution in [0, 0.1) is 17.7 Å². The molecule has 20 heavy (non-hydrogen) atoms. The minimum absolute atomic E-state index is 0. The molecule has 1 aromatic carbocycles. The van der Waals surface area contributed by atoms with Crippen molar-refractivity contribution in [3.05, 3.63) is 24.0 Å². The van der Waals surface area contributed by atoms with E-state index in [1.807, 2.05) is 0 Å². The van der Waals surface area contributed by atoms with Crippen molar-refractivity contribution in [2.45, 2.75) is 10.9 Å². The third-order valence-corrected chi connectivity index (χ3v) is 5.27. The first kappa shape index (κ1) is 15.5. The Kier molecular flexibility index (Phi) is 4.24. The Morgan fingerprint density at radius 1 is 1.35 bits per heavy atom. The SMILES string of the molecule is COc1ccc(S(=O)(=O)NC2C3CNCC32)cc1F.Cl. The van der Waals surface area contributed by atoms with Crippen molar-refractivity contribution >= 4 is 22.4 Å². The van der Waals surface area contributed by atoms with Crippen molar-refractivity contribution in [3.63, 3.8) is 0 Å². The van der Waals surface area contributed by atoms with Gasteiger partial charge in [-0.1, -0.05) is 0 Å². The summed E-state index contributed by atoms with van der Waals surface area (Å²) < 4.78 is 45.2. The van der Waals surface area contributed by atoms with Crippen LogP contribution in [0.15, 0.2) is 23.1 Å². The Balaban J connectivity index is 0.00000147. The number of benzene rings is 1. The van der Waals surface area contributed by atoms with Crippen LogP contribution in [0.1, 0.15) is 0 Å². The molecule has 2 N–H and O–H groups in total. The third kappa shape index (κ3) is 2.63. The normalized spacial score (nSPS) is 27.6. The molecule has 0 radical (unpaired) electrons. The summed E-state index contributed by atoms with van der Waals surface area (Å²) >= 11 is 0. The summed E-state index contributed by atoms with van der Waals surface area (Å²) in [5, 5.41) is 3.19. The highest BCUT2D eigenvalue weighted by Crippen LogP contribution is 2.42. The molecule has 112 valence electrons. The van der Waals surface area contributed by atoms with E-state index >= 15 is 0 Å². The number of ether oxygens (including phenoxy) is 1. The summed E-state index contributed by atoms with van der Waals surface area (Å²) in [6.07, 6.45) is 0. The van der Waals surface area contributed by atoms with E-state index in [-0.39, 0.29) is 29.1 Å². The van der Waals surface area contributed by atoms with E-state index in [1.54, 1.807) is 0 Å². The molecule has 1 aliphatic heterocycles. The van der Waals surface area contributed by atoms with Gasteiger partial charge in [0.25, 0.3) is 0 Å². The fourth-order valence-electron chi connectivity index (χ4n) is 2.65. The quantitative estimate of drug-likeness (QED) is 0.858. The van der Waals surface area contributed by atoms with E-state index in [2.05, 4.69) is 10.0 Å². The lowest BCUT2D eigenvalue weighted by atomic mass is 10.3. The standard InChI is InChI=1S/C12H15FN2O3S.ClH/c1-18-11-3-2-7(4-10(11)13)19(16,17)15-12-8-5-14-6-9(8)12;/h2-4,8-9,12,14-15H,5-6H2,1H3;1H. The van der Waals surface area contributed by atoms with Gasteiger partial charge in [-0.25, -0.2) is 17.5 Å². The molecule has 0 aromatic heterocycles. The van der Waals surface area contributed by atoms with Gasteiger partial charge in [0.05, 0.1) is 12.0 Å². The molecule has 3 rings (SSSR count). The Bertz CT molecular complexity index is 601. The summed E-state index contributed by atoms with van der Waals surface area (Å²) in [7, 11) is -2.32. The van der Waals surface area contributed by atoms with Gasteiger partial charge in [0.1, 0.15) is 0 Å². The molecule has 8 heteroatoms. The van der Waals surface area contributed by atoms with Crippen LogP contribution in [0.5, 0.6) is 5.75 Å². The van der Waals surface area contributed by atoms with Gasteiger partial charge in [0.2, 0.25) is 10.0 Å². The van der Waals surface area contributed by atoms with Crippen LogP contribution in [0.3, 0.4) is 0 Å². The van der Waals surface area contributed by atoms with E-state index in [9.17, 15) is 12.8 Å². The fraction of sp³-hybridized carbons (Fsp3) is 0.500. The lowest BCUT2D eigenvalue weighted by Gasteiger charge is -2.10. The van der Waals surface area contributed by atoms with Crippen LogP contribution in [-0.4, -0.2) is 34.7 Å². The maximum absolute atomic E-state index is 13.5. The molecule has 2 unspecified atom stereocenters. The Hall–Kier alpha value is -0.890. The molecule has 1 heterocycles. The first-order valence-corrected chi connectivity index (χ1v) is 7.58. The number of hydrogen-bond acceptors (Lipinski definition) is 4. The van der Waals surface area contributed by atoms with Crippen molar-refractivity contribution in [1.29, 1.82) is 0 Å². The van der Waals surface area contributed by atoms with Gasteiger partial charge in [0, 0.05) is 6.04 Å². The van der Waals surface area contributed by atoms with Gasteiger partial charge >= 0.3 is 0 Å². The van der Waals surface area contributed by atoms with E-state index in [0.29, 0.717) is 11.8 Å². The number of methoxy groups -OCH3 is 1. The number of hydrogen-bond donors (Lipinski definition) is 2. The highest BCUT2D eigenvalue weighted by atomic mass is 35.5. The number of halogens is 2. The monoisotopic (exact) mass is 322 g/mol. The van der Waals surface area contributed by atoms with E-state index < -0.39 is 15.8 Å². The van der Waals surface area contributed by atoms with Gasteiger partial charge in [-0.15, -0.1) is 12.4 Å². The molecule has 0 spiro atoms. The van der Waals surface area contributed by atoms with Crippen LogP contribution >= 0.6 is 12.4 Å². The molecule has 1 aliphatic carbocycles. The lowest BCUT2D eigenvalue weighted by Crippen LogP contribution is -2.32. The van der Waals surface area contributed by atoms with Gasteiger partial charge in [-0.3, -0.25) is 0 Å². The van der Waals surface area contributed by atoms with Crippen LogP contribution in [0.2, 0.25) is 0 Å². The van der Waals surface area contributed by atoms with Crippen molar-refractivity contribution < 1.29 is 17.5 Å². The Morgan fingerprint density at radius 3 is 2.55 bits per heavy atom. The molecule has 5 nitrogen and oxygen atoms in total. The van der Waals surface area contributed by atoms with E-state index in [4.69, 9.17) is 4.74 Å². The Labute approximate surface area is 123 Å². The zero-order valence-electron chi connectivity index (χ0n) is 10.8. The maximum atomic E-state index is 13.5. The van der Waals surface area contributed by atoms with Gasteiger partial charge in [0.15, 0.2) is 11.6 Å². The molecule has 1 saturated heterocycles. The average molecular weight is 323 g/mol. The van der Waals surface area contributed by atoms with Crippen molar-refractivity contribution in [1.82, 2.24) is 10.0 Å². The zero-order chi connectivity index (χ0) is 13.6. The maximum Gasteiger partial charge on any atom is 0.240 e. The van der Waals surface area contributed by atoms with E-state index in [1.165, 1.54) is 19.2 Å². The molecular weight excluding hydrogens is 307 g/mol. The second kappa shape index (κ2) is 5.48. The topological polar surface area (TPSA) is 67.4 Å². The van der Waals surface area contributed by atoms with Gasteiger partial charge in [-0.05, 0) is 43.1 Å². The molecule has 2 aliphatic rings. The summed E-state index contributed by atoms with van der Waals surface area (Å²) in [6.45, 7) is 1.68. The number of fused-ring (bicyclic) bond motifs is 1. The van der Waals surface area contributed by atoms with Crippen LogP contribution in [0.25, 0.3) is 0 Å². The number of nitrogens with one attached hydrogen (secondary N) is 2. The van der Waals surface area contributed by atoms with Crippen molar-refractivity contribution in [2.75, 3.05) is 20.2 Å². The zero-order valence-corrected chi connectivity index (χ0v) is 12.4. The van der Waals surface area contributed by atoms with Gasteiger partial charge in [-0.2, -0.15) is 0 Å². The molecule has 2 atom stereocenters. The third-order valence-electron chi connectivity index (χ3n) is 3.82. The van der Waals surface area contributed by atoms with Crippen molar-refractivity contribution in [3.8, 4) is 5.75 Å². The molecule has 1 saturated carbocycles. The number of piperidine rings is 1.